The molecule has 2 aromatic heterocycles. The zero-order valence-corrected chi connectivity index (χ0v) is 51.1. The maximum absolute atomic E-state index is 14.5. The van der Waals surface area contributed by atoms with Crippen LogP contribution in [0, 0.1) is 23.7 Å². The fraction of sp³-hybridized carbons (Fsp3) is 0.596. The van der Waals surface area contributed by atoms with Gasteiger partial charge in [0.1, 0.15) is 54.4 Å². The summed E-state index contributed by atoms with van der Waals surface area (Å²) in [4.78, 5) is 171. The van der Waals surface area contributed by atoms with Crippen LogP contribution < -0.4 is 59.3 Å². The number of thiol groups is 1. The largest absolute Gasteiger partial charge is 0.481 e. The Balaban J connectivity index is 1.85. The summed E-state index contributed by atoms with van der Waals surface area (Å²) >= 11 is 4.27. The van der Waals surface area contributed by atoms with Gasteiger partial charge in [-0.3, -0.25) is 52.7 Å². The third-order valence-corrected chi connectivity index (χ3v) is 14.4. The number of primary amides is 1. The molecule has 17 N–H and O–H groups in total. The second kappa shape index (κ2) is 35.4. The average molecular weight is 1230 g/mol. The Kier molecular flexibility index (Phi) is 29.7. The van der Waals surface area contributed by atoms with Gasteiger partial charge >= 0.3 is 11.9 Å². The molecule has 0 aliphatic carbocycles. The number of para-hydroxylation sites is 1. The van der Waals surface area contributed by atoms with Crippen LogP contribution in [0.25, 0.3) is 10.9 Å². The van der Waals surface area contributed by atoms with Crippen molar-refractivity contribution in [3.05, 3.63) is 54.2 Å². The van der Waals surface area contributed by atoms with Crippen LogP contribution >= 0.6 is 12.6 Å². The minimum absolute atomic E-state index is 0.0148. The predicted octanol–water partition coefficient (Wildman–Crippen LogP) is -0.284. The standard InChI is InChI=1S/C57H88N14O14S/c1-10-31(8)47(57(84)85)71-51(78)39(16-18-46(73)74)65-53(80)42(21-30(6)7)69-55(82)43(22-33-24-61-37-14-12-11-13-35(33)37)66-48(75)32(9)63-56(83)44(26-86)70-50(77)38(15-17-45(59)72)64-52(79)41(20-29(4)5)68-54(81)40(19-28(2)3)67-49(76)36(58)23-34-25-60-27-62-34/h11-14,24-25,27-32,36,38-44,47,61,86H,10,15-23,26,58H2,1-9H3,(H2,59,72)(H,60,62)(H,63,83)(H,64,79)(H,65,80)(H,66,75)(H,67,76)(H,68,81)(H,69,82)(H,70,77)(H,71,78)(H,73,74)(H,84,85)/t31-,32-,36-,38-,39-,40-,41-,42-,43-,44-,47-/m0/s1. The molecule has 3 aromatic rings. The number of carbonyl (C=O) groups is 12. The summed E-state index contributed by atoms with van der Waals surface area (Å²) in [5.41, 5.74) is 13.4. The maximum atomic E-state index is 14.5. The van der Waals surface area contributed by atoms with Gasteiger partial charge in [-0.25, -0.2) is 9.78 Å². The van der Waals surface area contributed by atoms with Crippen molar-refractivity contribution in [3.63, 3.8) is 0 Å². The minimum Gasteiger partial charge on any atom is -0.481 e. The molecule has 0 saturated carbocycles. The summed E-state index contributed by atoms with van der Waals surface area (Å²) in [7, 11) is 0. The number of carbonyl (C=O) groups excluding carboxylic acids is 10. The predicted molar refractivity (Wildman–Crippen MR) is 320 cm³/mol. The molecule has 0 radical (unpaired) electrons. The molecule has 476 valence electrons. The molecular weight excluding hydrogens is 1140 g/mol. The van der Waals surface area contributed by atoms with E-state index in [1.807, 2.05) is 13.8 Å². The lowest BCUT2D eigenvalue weighted by Crippen LogP contribution is -2.61. The quantitative estimate of drug-likeness (QED) is 0.0328. The van der Waals surface area contributed by atoms with Gasteiger partial charge in [0.2, 0.25) is 59.1 Å². The Morgan fingerprint density at radius 1 is 0.558 bits per heavy atom. The van der Waals surface area contributed by atoms with E-state index < -0.39 is 157 Å². The average Bonchev–Trinajstić information content (AvgIpc) is 3.37. The molecule has 1 aromatic carbocycles. The molecule has 0 aliphatic heterocycles. The third-order valence-electron chi connectivity index (χ3n) is 14.0. The van der Waals surface area contributed by atoms with E-state index in [4.69, 9.17) is 11.5 Å². The van der Waals surface area contributed by atoms with Crippen molar-refractivity contribution in [2.45, 2.75) is 187 Å². The zero-order valence-electron chi connectivity index (χ0n) is 50.2. The second-order valence-electron chi connectivity index (χ2n) is 22.8. The number of imidazole rings is 1. The first-order valence-corrected chi connectivity index (χ1v) is 29.4. The lowest BCUT2D eigenvalue weighted by molar-refractivity contribution is -0.144. The van der Waals surface area contributed by atoms with Crippen molar-refractivity contribution >= 4 is 94.5 Å². The maximum Gasteiger partial charge on any atom is 0.326 e. The molecule has 2 heterocycles. The number of aliphatic carboxylic acids is 2. The number of H-pyrrole nitrogens is 2. The van der Waals surface area contributed by atoms with Gasteiger partial charge in [-0.15, -0.1) is 0 Å². The number of aromatic nitrogens is 3. The number of hydrogen-bond acceptors (Lipinski definition) is 15. The molecule has 29 heteroatoms. The van der Waals surface area contributed by atoms with E-state index in [0.717, 1.165) is 0 Å². The van der Waals surface area contributed by atoms with E-state index in [1.54, 1.807) is 78.2 Å². The van der Waals surface area contributed by atoms with Gasteiger partial charge in [-0.2, -0.15) is 12.6 Å². The van der Waals surface area contributed by atoms with Gasteiger partial charge in [0, 0.05) is 54.7 Å². The highest BCUT2D eigenvalue weighted by Gasteiger charge is 2.36. The lowest BCUT2D eigenvalue weighted by Gasteiger charge is -2.28. The number of carboxylic acid groups (broad SMARTS) is 2. The van der Waals surface area contributed by atoms with E-state index in [0.29, 0.717) is 28.6 Å². The molecule has 0 spiro atoms. The molecule has 0 aliphatic rings. The van der Waals surface area contributed by atoms with E-state index in [1.165, 1.54) is 13.3 Å². The van der Waals surface area contributed by atoms with Crippen molar-refractivity contribution in [3.8, 4) is 0 Å². The van der Waals surface area contributed by atoms with Crippen LogP contribution in [0.15, 0.2) is 43.0 Å². The van der Waals surface area contributed by atoms with Gasteiger partial charge in [0.15, 0.2) is 0 Å². The summed E-state index contributed by atoms with van der Waals surface area (Å²) in [5, 5.41) is 43.2. The lowest BCUT2D eigenvalue weighted by atomic mass is 9.98. The Hall–Kier alpha value is -8.08. The van der Waals surface area contributed by atoms with Crippen molar-refractivity contribution in [1.82, 2.24) is 62.8 Å². The number of fused-ring (bicyclic) bond motifs is 1. The second-order valence-corrected chi connectivity index (χ2v) is 23.2. The molecule has 3 rings (SSSR count). The van der Waals surface area contributed by atoms with Crippen LogP contribution in [-0.4, -0.2) is 162 Å². The number of nitrogens with one attached hydrogen (secondary N) is 11. The molecule has 0 fully saturated rings. The number of nitrogens with two attached hydrogens (primary N) is 2. The molecular formula is C57H88N14O14S. The highest BCUT2D eigenvalue weighted by atomic mass is 32.1. The van der Waals surface area contributed by atoms with Crippen molar-refractivity contribution in [2.24, 2.45) is 35.1 Å². The fourth-order valence-electron chi connectivity index (χ4n) is 9.10. The van der Waals surface area contributed by atoms with Gasteiger partial charge in [0.05, 0.1) is 18.1 Å². The summed E-state index contributed by atoms with van der Waals surface area (Å²) in [6.07, 6.45) is 3.39. The van der Waals surface area contributed by atoms with Crippen LogP contribution in [-0.2, 0) is 70.4 Å². The number of carboxylic acids is 2. The zero-order chi connectivity index (χ0) is 64.5. The topological polar surface area (TPSA) is 450 Å². The van der Waals surface area contributed by atoms with E-state index in [9.17, 15) is 67.7 Å². The van der Waals surface area contributed by atoms with E-state index in [2.05, 4.69) is 75.4 Å². The molecule has 10 amide bonds. The van der Waals surface area contributed by atoms with Crippen LogP contribution in [0.3, 0.4) is 0 Å². The first-order chi connectivity index (χ1) is 40.4. The number of aromatic amines is 2. The molecule has 0 bridgehead atoms. The molecule has 28 nitrogen and oxygen atoms in total. The molecule has 11 atom stereocenters. The van der Waals surface area contributed by atoms with Crippen LogP contribution in [0.2, 0.25) is 0 Å². The first-order valence-electron chi connectivity index (χ1n) is 28.8. The Morgan fingerprint density at radius 2 is 1.01 bits per heavy atom. The van der Waals surface area contributed by atoms with E-state index in [-0.39, 0.29) is 62.0 Å². The number of nitrogens with zero attached hydrogens (tertiary/aromatic N) is 1. The Morgan fingerprint density at radius 3 is 1.49 bits per heavy atom. The molecule has 0 saturated heterocycles. The van der Waals surface area contributed by atoms with E-state index >= 15 is 0 Å². The van der Waals surface area contributed by atoms with Gasteiger partial charge < -0.3 is 79.5 Å². The fourth-order valence-corrected chi connectivity index (χ4v) is 9.36. The monoisotopic (exact) mass is 1220 g/mol. The normalized spacial score (nSPS) is 15.2. The van der Waals surface area contributed by atoms with Gasteiger partial charge in [-0.05, 0) is 74.3 Å². The summed E-state index contributed by atoms with van der Waals surface area (Å²) in [5.74, 6) is -12.6. The van der Waals surface area contributed by atoms with Crippen LogP contribution in [0.5, 0.6) is 0 Å². The van der Waals surface area contributed by atoms with Crippen molar-refractivity contribution < 1.29 is 67.7 Å². The molecule has 0 unspecified atom stereocenters. The highest BCUT2D eigenvalue weighted by molar-refractivity contribution is 7.80. The first kappa shape index (κ1) is 72.2. The summed E-state index contributed by atoms with van der Waals surface area (Å²) < 4.78 is 0. The number of rotatable bonds is 38. The summed E-state index contributed by atoms with van der Waals surface area (Å²) in [6, 6.07) is -6.47. The summed E-state index contributed by atoms with van der Waals surface area (Å²) in [6.45, 7) is 15.4. The van der Waals surface area contributed by atoms with Gasteiger partial charge in [-0.1, -0.05) is 80.0 Å². The highest BCUT2D eigenvalue weighted by Crippen LogP contribution is 2.20. The Labute approximate surface area is 505 Å². The molecule has 86 heavy (non-hydrogen) atoms. The van der Waals surface area contributed by atoms with Crippen LogP contribution in [0.1, 0.15) is 125 Å². The number of amides is 10. The SMILES string of the molecule is CC[C@H](C)[C@H](NC(=O)[C@H](CCC(=O)O)NC(=O)[C@H](CC(C)C)NC(=O)[C@H](Cc1c[nH]c2ccccc12)NC(=O)[C@H](C)NC(=O)[C@H](CS)NC(=O)[C@H](CCC(N)=O)NC(=O)[C@H](CC(C)C)NC(=O)[C@H](CC(C)C)NC(=O)[C@@H](N)Cc1c[nH]cn1)C(=O)O. The number of benzene rings is 1. The van der Waals surface area contributed by atoms with Crippen molar-refractivity contribution in [1.29, 1.82) is 0 Å². The smallest absolute Gasteiger partial charge is 0.326 e. The minimum atomic E-state index is -1.53. The number of hydrogen-bond donors (Lipinski definition) is 16. The van der Waals surface area contributed by atoms with Crippen molar-refractivity contribution in [2.75, 3.05) is 5.75 Å². The van der Waals surface area contributed by atoms with Gasteiger partial charge in [0.25, 0.3) is 0 Å². The van der Waals surface area contributed by atoms with Crippen LogP contribution in [0.4, 0.5) is 0 Å². The Bertz CT molecular complexity index is 2810. The third kappa shape index (κ3) is 24.1.